The van der Waals surface area contributed by atoms with Gasteiger partial charge < -0.3 is 4.74 Å². The van der Waals surface area contributed by atoms with Crippen LogP contribution in [0.5, 0.6) is 5.75 Å². The molecule has 0 atom stereocenters. The van der Waals surface area contributed by atoms with Gasteiger partial charge in [-0.3, -0.25) is 0 Å². The first-order valence-corrected chi connectivity index (χ1v) is 6.07. The van der Waals surface area contributed by atoms with E-state index in [2.05, 4.69) is 14.7 Å². The first-order chi connectivity index (χ1) is 9.26. The van der Waals surface area contributed by atoms with Gasteiger partial charge in [-0.15, -0.1) is 13.2 Å². The van der Waals surface area contributed by atoms with Crippen molar-refractivity contribution in [3.8, 4) is 17.1 Å². The number of aromatic nitrogens is 2. The zero-order valence-corrected chi connectivity index (χ0v) is 11.5. The van der Waals surface area contributed by atoms with Crippen molar-refractivity contribution in [1.82, 2.24) is 9.97 Å². The zero-order valence-electron chi connectivity index (χ0n) is 10.0. The van der Waals surface area contributed by atoms with Gasteiger partial charge in [0.1, 0.15) is 16.1 Å². The molecule has 0 aliphatic carbocycles. The Labute approximate surface area is 122 Å². The van der Waals surface area contributed by atoms with Gasteiger partial charge in [-0.05, 0) is 19.1 Å². The van der Waals surface area contributed by atoms with E-state index in [1.165, 1.54) is 18.2 Å². The third kappa shape index (κ3) is 3.52. The predicted molar refractivity (Wildman–Crippen MR) is 68.9 cm³/mol. The highest BCUT2D eigenvalue weighted by atomic mass is 35.5. The molecule has 2 aromatic rings. The molecule has 0 fully saturated rings. The molecule has 0 radical (unpaired) electrons. The lowest BCUT2D eigenvalue weighted by atomic mass is 10.2. The Morgan fingerprint density at radius 3 is 2.25 bits per heavy atom. The minimum absolute atomic E-state index is 0.123. The quantitative estimate of drug-likeness (QED) is 0.754. The highest BCUT2D eigenvalue weighted by molar-refractivity contribution is 6.34. The zero-order chi connectivity index (χ0) is 14.9. The molecule has 1 aromatic heterocycles. The smallest absolute Gasteiger partial charge is 0.406 e. The van der Waals surface area contributed by atoms with Crippen molar-refractivity contribution in [2.75, 3.05) is 0 Å². The van der Waals surface area contributed by atoms with Crippen LogP contribution in [0.25, 0.3) is 11.4 Å². The number of nitrogens with zero attached hydrogens (tertiary/aromatic N) is 2. The van der Waals surface area contributed by atoms with Crippen molar-refractivity contribution in [2.24, 2.45) is 0 Å². The molecule has 1 aromatic carbocycles. The molecule has 0 spiro atoms. The van der Waals surface area contributed by atoms with Crippen LogP contribution in [-0.2, 0) is 0 Å². The average molecular weight is 323 g/mol. The highest BCUT2D eigenvalue weighted by Gasteiger charge is 2.31. The summed E-state index contributed by atoms with van der Waals surface area (Å²) in [6.45, 7) is 1.64. The van der Waals surface area contributed by atoms with E-state index in [-0.39, 0.29) is 21.9 Å². The topological polar surface area (TPSA) is 35.0 Å². The van der Waals surface area contributed by atoms with Gasteiger partial charge in [-0.2, -0.15) is 0 Å². The normalized spacial score (nSPS) is 11.5. The first kappa shape index (κ1) is 14.9. The molecule has 0 aliphatic heterocycles. The van der Waals surface area contributed by atoms with Gasteiger partial charge in [0.2, 0.25) is 0 Å². The largest absolute Gasteiger partial charge is 0.573 e. The molecule has 106 valence electrons. The molecule has 8 heteroatoms. The number of benzene rings is 1. The van der Waals surface area contributed by atoms with Crippen LogP contribution in [0.3, 0.4) is 0 Å². The number of halogens is 5. The van der Waals surface area contributed by atoms with Gasteiger partial charge >= 0.3 is 6.36 Å². The summed E-state index contributed by atoms with van der Waals surface area (Å²) >= 11 is 11.7. The lowest BCUT2D eigenvalue weighted by Gasteiger charge is -2.10. The molecule has 1 heterocycles. The van der Waals surface area contributed by atoms with E-state index >= 15 is 0 Å². The van der Waals surface area contributed by atoms with Crippen LogP contribution in [0.15, 0.2) is 24.3 Å². The summed E-state index contributed by atoms with van der Waals surface area (Å²) in [5.74, 6) is -0.246. The Kier molecular flexibility index (Phi) is 4.06. The Balaban J connectivity index is 2.41. The van der Waals surface area contributed by atoms with Crippen molar-refractivity contribution < 1.29 is 17.9 Å². The van der Waals surface area contributed by atoms with E-state index < -0.39 is 6.36 Å². The number of hydrogen-bond donors (Lipinski definition) is 0. The molecule has 0 saturated carbocycles. The van der Waals surface area contributed by atoms with Crippen molar-refractivity contribution in [3.63, 3.8) is 0 Å². The number of rotatable bonds is 2. The van der Waals surface area contributed by atoms with Crippen LogP contribution in [0.4, 0.5) is 13.2 Å². The van der Waals surface area contributed by atoms with Crippen molar-refractivity contribution in [3.05, 3.63) is 40.1 Å². The highest BCUT2D eigenvalue weighted by Crippen LogP contribution is 2.29. The summed E-state index contributed by atoms with van der Waals surface area (Å²) in [6.07, 6.45) is -4.76. The molecular formula is C12H7Cl2F3N2O. The fourth-order valence-corrected chi connectivity index (χ4v) is 1.81. The molecular weight excluding hydrogens is 316 g/mol. The third-order valence-corrected chi connectivity index (χ3v) is 3.09. The maximum absolute atomic E-state index is 12.2. The van der Waals surface area contributed by atoms with Crippen molar-refractivity contribution >= 4 is 23.2 Å². The Bertz CT molecular complexity index is 624. The van der Waals surface area contributed by atoms with E-state index in [0.717, 1.165) is 6.07 Å². The molecule has 3 nitrogen and oxygen atoms in total. The number of ether oxygens (including phenoxy) is 1. The molecule has 0 bridgehead atoms. The molecule has 20 heavy (non-hydrogen) atoms. The Morgan fingerprint density at radius 2 is 1.70 bits per heavy atom. The summed E-state index contributed by atoms with van der Waals surface area (Å²) < 4.78 is 40.3. The predicted octanol–water partition coefficient (Wildman–Crippen LogP) is 4.66. The van der Waals surface area contributed by atoms with Crippen LogP contribution in [0.1, 0.15) is 5.56 Å². The third-order valence-electron chi connectivity index (χ3n) is 2.35. The summed E-state index contributed by atoms with van der Waals surface area (Å²) in [7, 11) is 0. The van der Waals surface area contributed by atoms with Crippen LogP contribution >= 0.6 is 23.2 Å². The van der Waals surface area contributed by atoms with Gasteiger partial charge in [0.05, 0.1) is 0 Å². The van der Waals surface area contributed by atoms with Crippen LogP contribution < -0.4 is 4.74 Å². The van der Waals surface area contributed by atoms with Crippen LogP contribution in [0, 0.1) is 6.92 Å². The van der Waals surface area contributed by atoms with E-state index in [1.54, 1.807) is 6.92 Å². The molecule has 0 amide bonds. The summed E-state index contributed by atoms with van der Waals surface area (Å²) in [4.78, 5) is 7.95. The fraction of sp³-hybridized carbons (Fsp3) is 0.167. The molecule has 0 aliphatic rings. The monoisotopic (exact) mass is 322 g/mol. The molecule has 2 rings (SSSR count). The Hall–Kier alpha value is -1.53. The lowest BCUT2D eigenvalue weighted by molar-refractivity contribution is -0.274. The summed E-state index contributed by atoms with van der Waals surface area (Å²) in [6, 6.07) is 5.25. The second-order valence-corrected chi connectivity index (χ2v) is 4.55. The maximum Gasteiger partial charge on any atom is 0.573 e. The van der Waals surface area contributed by atoms with Gasteiger partial charge in [0, 0.05) is 11.1 Å². The van der Waals surface area contributed by atoms with Gasteiger partial charge in [-0.25, -0.2) is 9.97 Å². The van der Waals surface area contributed by atoms with E-state index in [4.69, 9.17) is 23.2 Å². The SMILES string of the molecule is Cc1c(Cl)nc(-c2cccc(OC(F)(F)F)c2)nc1Cl. The molecule has 0 N–H and O–H groups in total. The fourth-order valence-electron chi connectivity index (χ4n) is 1.43. The number of hydrogen-bond acceptors (Lipinski definition) is 3. The minimum atomic E-state index is -4.76. The van der Waals surface area contributed by atoms with Crippen molar-refractivity contribution in [2.45, 2.75) is 13.3 Å². The average Bonchev–Trinajstić information content (AvgIpc) is 2.33. The standard InChI is InChI=1S/C12H7Cl2F3N2O/c1-6-9(13)18-11(19-10(6)14)7-3-2-4-8(5-7)20-12(15,16)17/h2-5H,1H3. The van der Waals surface area contributed by atoms with Gasteiger partial charge in [0.25, 0.3) is 0 Å². The molecule has 0 saturated heterocycles. The maximum atomic E-state index is 12.2. The summed E-state index contributed by atoms with van der Waals surface area (Å²) in [5.41, 5.74) is 0.815. The van der Waals surface area contributed by atoms with Gasteiger partial charge in [0.15, 0.2) is 5.82 Å². The lowest BCUT2D eigenvalue weighted by Crippen LogP contribution is -2.17. The van der Waals surface area contributed by atoms with Crippen LogP contribution in [-0.4, -0.2) is 16.3 Å². The van der Waals surface area contributed by atoms with E-state index in [9.17, 15) is 13.2 Å². The van der Waals surface area contributed by atoms with Crippen molar-refractivity contribution in [1.29, 1.82) is 0 Å². The summed E-state index contributed by atoms with van der Waals surface area (Å²) in [5, 5.41) is 0.282. The second kappa shape index (κ2) is 5.46. The van der Waals surface area contributed by atoms with Gasteiger partial charge in [-0.1, -0.05) is 35.3 Å². The molecule has 0 unspecified atom stereocenters. The van der Waals surface area contributed by atoms with E-state index in [1.807, 2.05) is 0 Å². The van der Waals surface area contributed by atoms with Crippen LogP contribution in [0.2, 0.25) is 10.3 Å². The first-order valence-electron chi connectivity index (χ1n) is 5.32. The van der Waals surface area contributed by atoms with E-state index in [0.29, 0.717) is 11.1 Å². The number of alkyl halides is 3. The Morgan fingerprint density at radius 1 is 1.10 bits per heavy atom. The minimum Gasteiger partial charge on any atom is -0.406 e. The second-order valence-electron chi connectivity index (χ2n) is 3.83.